The van der Waals surface area contributed by atoms with E-state index in [4.69, 9.17) is 0 Å². The highest BCUT2D eigenvalue weighted by atomic mass is 32.2. The van der Waals surface area contributed by atoms with Gasteiger partial charge in [0, 0.05) is 0 Å². The molecule has 0 spiro atoms. The summed E-state index contributed by atoms with van der Waals surface area (Å²) < 4.78 is 35.1. The van der Waals surface area contributed by atoms with Crippen LogP contribution in [0.1, 0.15) is 20.3 Å². The molecule has 0 saturated heterocycles. The van der Waals surface area contributed by atoms with Gasteiger partial charge in [0.25, 0.3) is 0 Å². The second-order valence-corrected chi connectivity index (χ2v) is 6.92. The number of hydrogen-bond donors (Lipinski definition) is 2. The van der Waals surface area contributed by atoms with Gasteiger partial charge in [-0.2, -0.15) is 13.5 Å². The Morgan fingerprint density at radius 1 is 1.43 bits per heavy atom. The molecule has 0 radical (unpaired) electrons. The zero-order valence-corrected chi connectivity index (χ0v) is 13.1. The summed E-state index contributed by atoms with van der Waals surface area (Å²) in [5.41, 5.74) is 0.724. The molecule has 2 rings (SSSR count). The number of rotatable bonds is 6. The third kappa shape index (κ3) is 3.20. The van der Waals surface area contributed by atoms with E-state index >= 15 is 0 Å². The van der Waals surface area contributed by atoms with E-state index in [0.29, 0.717) is 11.9 Å². The first-order chi connectivity index (χ1) is 9.86. The van der Waals surface area contributed by atoms with Crippen molar-refractivity contribution < 1.29 is 18.3 Å². The van der Waals surface area contributed by atoms with Crippen LogP contribution in [-0.2, 0) is 14.8 Å². The van der Waals surface area contributed by atoms with E-state index in [2.05, 4.69) is 13.5 Å². The van der Waals surface area contributed by atoms with Crippen LogP contribution >= 0.6 is 11.7 Å². The molecule has 9 heteroatoms. The maximum atomic E-state index is 12.4. The number of aromatic nitrogens is 2. The minimum absolute atomic E-state index is 0.0525. The van der Waals surface area contributed by atoms with E-state index < -0.39 is 22.0 Å². The molecule has 0 aliphatic carbocycles. The fourth-order valence-electron chi connectivity index (χ4n) is 1.87. The third-order valence-corrected chi connectivity index (χ3v) is 5.31. The Hall–Kier alpha value is -1.58. The molecule has 2 aromatic rings. The van der Waals surface area contributed by atoms with Crippen molar-refractivity contribution in [3.8, 4) is 0 Å². The van der Waals surface area contributed by atoms with E-state index in [1.807, 2.05) is 0 Å². The summed E-state index contributed by atoms with van der Waals surface area (Å²) in [5.74, 6) is -1.53. The van der Waals surface area contributed by atoms with Crippen LogP contribution in [0, 0.1) is 5.92 Å². The molecule has 0 fully saturated rings. The summed E-state index contributed by atoms with van der Waals surface area (Å²) in [6.45, 7) is 3.49. The molecule has 2 N–H and O–H groups in total. The van der Waals surface area contributed by atoms with Crippen LogP contribution in [0.15, 0.2) is 23.1 Å². The van der Waals surface area contributed by atoms with Crippen molar-refractivity contribution in [1.29, 1.82) is 0 Å². The quantitative estimate of drug-likeness (QED) is 0.830. The Kier molecular flexibility index (Phi) is 4.55. The molecule has 0 bridgehead atoms. The van der Waals surface area contributed by atoms with Gasteiger partial charge in [-0.15, -0.1) is 0 Å². The molecule has 0 amide bonds. The minimum Gasteiger partial charge on any atom is -0.480 e. The topological polar surface area (TPSA) is 109 Å². The van der Waals surface area contributed by atoms with Crippen molar-refractivity contribution >= 4 is 38.8 Å². The zero-order chi connectivity index (χ0) is 15.6. The van der Waals surface area contributed by atoms with Gasteiger partial charge in [-0.3, -0.25) is 4.79 Å². The van der Waals surface area contributed by atoms with Gasteiger partial charge in [-0.05, 0) is 18.1 Å². The van der Waals surface area contributed by atoms with E-state index in [-0.39, 0.29) is 16.3 Å². The van der Waals surface area contributed by atoms with E-state index in [0.717, 1.165) is 11.7 Å². The monoisotopic (exact) mass is 329 g/mol. The Bertz CT molecular complexity index is 757. The molecule has 7 nitrogen and oxygen atoms in total. The summed E-state index contributed by atoms with van der Waals surface area (Å²) in [4.78, 5) is 11.2. The number of fused-ring (bicyclic) bond motifs is 1. The zero-order valence-electron chi connectivity index (χ0n) is 11.5. The van der Waals surface area contributed by atoms with Gasteiger partial charge in [-0.25, -0.2) is 8.42 Å². The number of nitrogens with one attached hydrogen (secondary N) is 1. The number of hydrogen-bond acceptors (Lipinski definition) is 6. The molecule has 1 aromatic heterocycles. The number of sulfonamides is 1. The first kappa shape index (κ1) is 15.8. The molecule has 1 aromatic carbocycles. The lowest BCUT2D eigenvalue weighted by atomic mass is 10.0. The molecule has 21 heavy (non-hydrogen) atoms. The van der Waals surface area contributed by atoms with Gasteiger partial charge in [-0.1, -0.05) is 26.3 Å². The summed E-state index contributed by atoms with van der Waals surface area (Å²) >= 11 is 0.911. The summed E-state index contributed by atoms with van der Waals surface area (Å²) in [6, 6.07) is 3.42. The average molecular weight is 329 g/mol. The first-order valence-electron chi connectivity index (χ1n) is 6.33. The maximum absolute atomic E-state index is 12.4. The van der Waals surface area contributed by atoms with Gasteiger partial charge in [0.2, 0.25) is 10.0 Å². The predicted octanol–water partition coefficient (Wildman–Crippen LogP) is 1.47. The third-order valence-electron chi connectivity index (χ3n) is 3.30. The van der Waals surface area contributed by atoms with Crippen molar-refractivity contribution in [3.63, 3.8) is 0 Å². The molecule has 0 unspecified atom stereocenters. The fourth-order valence-corrected chi connectivity index (χ4v) is 3.94. The van der Waals surface area contributed by atoms with Crippen molar-refractivity contribution in [2.75, 3.05) is 0 Å². The average Bonchev–Trinajstić information content (AvgIpc) is 2.91. The second-order valence-electron chi connectivity index (χ2n) is 4.71. The van der Waals surface area contributed by atoms with Crippen LogP contribution < -0.4 is 4.72 Å². The lowest BCUT2D eigenvalue weighted by molar-refractivity contribution is -0.140. The largest absolute Gasteiger partial charge is 0.480 e. The lowest BCUT2D eigenvalue weighted by Gasteiger charge is -2.20. The SMILES string of the molecule is CC[C@@H](C)[C@H](NS(=O)(=O)c1cccc2nsnc12)C(=O)O. The van der Waals surface area contributed by atoms with E-state index in [9.17, 15) is 18.3 Å². The van der Waals surface area contributed by atoms with Crippen LogP contribution in [0.2, 0.25) is 0 Å². The normalized spacial score (nSPS) is 15.0. The lowest BCUT2D eigenvalue weighted by Crippen LogP contribution is -2.44. The fraction of sp³-hybridized carbons (Fsp3) is 0.417. The summed E-state index contributed by atoms with van der Waals surface area (Å²) in [5, 5.41) is 9.21. The Morgan fingerprint density at radius 3 is 2.76 bits per heavy atom. The van der Waals surface area contributed by atoms with Crippen LogP contribution in [-0.4, -0.2) is 34.3 Å². The number of aliphatic carboxylic acids is 1. The second kappa shape index (κ2) is 6.04. The Labute approximate surface area is 126 Å². The van der Waals surface area contributed by atoms with Gasteiger partial charge >= 0.3 is 5.97 Å². The molecule has 114 valence electrons. The Balaban J connectivity index is 2.42. The van der Waals surface area contributed by atoms with E-state index in [1.54, 1.807) is 26.0 Å². The molecular formula is C12H15N3O4S2. The number of benzene rings is 1. The molecule has 1 heterocycles. The minimum atomic E-state index is -3.98. The standard InChI is InChI=1S/C12H15N3O4S2/c1-3-7(2)10(12(16)17)15-21(18,19)9-6-4-5-8-11(9)14-20-13-8/h4-7,10,15H,3H2,1-2H3,(H,16,17)/t7-,10+/m1/s1. The number of carboxylic acid groups (broad SMARTS) is 1. The maximum Gasteiger partial charge on any atom is 0.322 e. The highest BCUT2D eigenvalue weighted by molar-refractivity contribution is 7.89. The van der Waals surface area contributed by atoms with Crippen molar-refractivity contribution in [2.24, 2.45) is 5.92 Å². The van der Waals surface area contributed by atoms with Crippen molar-refractivity contribution in [1.82, 2.24) is 13.5 Å². The predicted molar refractivity (Wildman–Crippen MR) is 78.6 cm³/mol. The van der Waals surface area contributed by atoms with Crippen molar-refractivity contribution in [2.45, 2.75) is 31.2 Å². The van der Waals surface area contributed by atoms with Crippen LogP contribution in [0.5, 0.6) is 0 Å². The summed E-state index contributed by atoms with van der Waals surface area (Å²) in [7, 11) is -3.98. The first-order valence-corrected chi connectivity index (χ1v) is 8.54. The number of nitrogens with zero attached hydrogens (tertiary/aromatic N) is 2. The van der Waals surface area contributed by atoms with Gasteiger partial charge in [0.05, 0.1) is 11.7 Å². The molecule has 0 saturated carbocycles. The highest BCUT2D eigenvalue weighted by Gasteiger charge is 2.30. The molecular weight excluding hydrogens is 314 g/mol. The van der Waals surface area contributed by atoms with Gasteiger partial charge in [0.1, 0.15) is 22.0 Å². The highest BCUT2D eigenvalue weighted by Crippen LogP contribution is 2.22. The number of carbonyl (C=O) groups is 1. The molecule has 0 aliphatic rings. The van der Waals surface area contributed by atoms with Crippen LogP contribution in [0.3, 0.4) is 0 Å². The van der Waals surface area contributed by atoms with Crippen molar-refractivity contribution in [3.05, 3.63) is 18.2 Å². The van der Waals surface area contributed by atoms with Crippen LogP contribution in [0.4, 0.5) is 0 Å². The molecule has 2 atom stereocenters. The van der Waals surface area contributed by atoms with E-state index in [1.165, 1.54) is 6.07 Å². The smallest absolute Gasteiger partial charge is 0.322 e. The summed E-state index contributed by atoms with van der Waals surface area (Å²) in [6.07, 6.45) is 0.544. The van der Waals surface area contributed by atoms with Gasteiger partial charge < -0.3 is 5.11 Å². The Morgan fingerprint density at radius 2 is 2.14 bits per heavy atom. The number of carboxylic acids is 1. The molecule has 0 aliphatic heterocycles. The van der Waals surface area contributed by atoms with Crippen LogP contribution in [0.25, 0.3) is 11.0 Å². The van der Waals surface area contributed by atoms with Gasteiger partial charge in [0.15, 0.2) is 0 Å².